The number of hydrogen-bond acceptors (Lipinski definition) is 4. The summed E-state index contributed by atoms with van der Waals surface area (Å²) < 4.78 is 0. The standard InChI is InChI=1S/C19H29N3O2/c1-15(16-7-8-16)20-19(24)14-22-11-9-21(10-12-22)13-18(23)17-5-3-2-4-6-17/h2-6,15-16,18,23H,7-14H2,1H3,(H,20,24). The van der Waals surface area contributed by atoms with Gasteiger partial charge in [-0.3, -0.25) is 14.6 Å². The van der Waals surface area contributed by atoms with Gasteiger partial charge < -0.3 is 10.4 Å². The minimum absolute atomic E-state index is 0.146. The largest absolute Gasteiger partial charge is 0.387 e. The number of hydrogen-bond donors (Lipinski definition) is 2. The molecule has 1 aliphatic heterocycles. The molecule has 2 N–H and O–H groups in total. The highest BCUT2D eigenvalue weighted by molar-refractivity contribution is 5.78. The average Bonchev–Trinajstić information content (AvgIpc) is 3.42. The van der Waals surface area contributed by atoms with E-state index in [4.69, 9.17) is 0 Å². The Morgan fingerprint density at radius 1 is 1.17 bits per heavy atom. The predicted octanol–water partition coefficient (Wildman–Crippen LogP) is 1.25. The van der Waals surface area contributed by atoms with Gasteiger partial charge in [-0.05, 0) is 31.2 Å². The van der Waals surface area contributed by atoms with Crippen LogP contribution in [0.5, 0.6) is 0 Å². The normalized spacial score (nSPS) is 22.1. The third kappa shape index (κ3) is 5.03. The van der Waals surface area contributed by atoms with Crippen LogP contribution in [0.3, 0.4) is 0 Å². The Labute approximate surface area is 144 Å². The Balaban J connectivity index is 1.37. The fourth-order valence-corrected chi connectivity index (χ4v) is 3.37. The second-order valence-electron chi connectivity index (χ2n) is 7.20. The van der Waals surface area contributed by atoms with E-state index in [9.17, 15) is 9.90 Å². The van der Waals surface area contributed by atoms with Crippen LogP contribution in [-0.4, -0.2) is 66.1 Å². The molecule has 1 aromatic rings. The highest BCUT2D eigenvalue weighted by atomic mass is 16.3. The van der Waals surface area contributed by atoms with Gasteiger partial charge in [-0.2, -0.15) is 0 Å². The molecule has 0 spiro atoms. The van der Waals surface area contributed by atoms with Crippen molar-refractivity contribution in [2.75, 3.05) is 39.3 Å². The molecule has 1 saturated heterocycles. The monoisotopic (exact) mass is 331 g/mol. The smallest absolute Gasteiger partial charge is 0.234 e. The Hall–Kier alpha value is -1.43. The van der Waals surface area contributed by atoms with Crippen LogP contribution in [0.25, 0.3) is 0 Å². The average molecular weight is 331 g/mol. The summed E-state index contributed by atoms with van der Waals surface area (Å²) in [5, 5.41) is 13.4. The van der Waals surface area contributed by atoms with Gasteiger partial charge in [0.05, 0.1) is 12.6 Å². The van der Waals surface area contributed by atoms with Crippen molar-refractivity contribution in [1.29, 1.82) is 0 Å². The maximum absolute atomic E-state index is 12.1. The van der Waals surface area contributed by atoms with Crippen molar-refractivity contribution < 1.29 is 9.90 Å². The van der Waals surface area contributed by atoms with Gasteiger partial charge in [-0.15, -0.1) is 0 Å². The van der Waals surface area contributed by atoms with Crippen molar-refractivity contribution in [3.8, 4) is 0 Å². The van der Waals surface area contributed by atoms with Crippen LogP contribution < -0.4 is 5.32 Å². The first kappa shape index (κ1) is 17.4. The number of nitrogens with zero attached hydrogens (tertiary/aromatic N) is 2. The van der Waals surface area contributed by atoms with Gasteiger partial charge in [-0.25, -0.2) is 0 Å². The number of aliphatic hydroxyl groups is 1. The van der Waals surface area contributed by atoms with E-state index in [1.165, 1.54) is 12.8 Å². The first-order chi connectivity index (χ1) is 11.6. The number of aliphatic hydroxyl groups excluding tert-OH is 1. The SMILES string of the molecule is CC(NC(=O)CN1CCN(CC(O)c2ccccc2)CC1)C1CC1. The van der Waals surface area contributed by atoms with E-state index in [0.717, 1.165) is 31.7 Å². The number of amides is 1. The molecule has 1 aromatic carbocycles. The molecule has 1 heterocycles. The Morgan fingerprint density at radius 2 is 1.79 bits per heavy atom. The van der Waals surface area contributed by atoms with Crippen LogP contribution in [0.1, 0.15) is 31.4 Å². The molecule has 1 saturated carbocycles. The van der Waals surface area contributed by atoms with Gasteiger partial charge in [0.2, 0.25) is 5.91 Å². The van der Waals surface area contributed by atoms with Gasteiger partial charge in [-0.1, -0.05) is 30.3 Å². The van der Waals surface area contributed by atoms with E-state index in [1.54, 1.807) is 0 Å². The third-order valence-electron chi connectivity index (χ3n) is 5.17. The number of nitrogens with one attached hydrogen (secondary N) is 1. The third-order valence-corrected chi connectivity index (χ3v) is 5.17. The lowest BCUT2D eigenvalue weighted by atomic mass is 10.1. The summed E-state index contributed by atoms with van der Waals surface area (Å²) in [6, 6.07) is 10.1. The van der Waals surface area contributed by atoms with Crippen LogP contribution in [-0.2, 0) is 4.79 Å². The molecule has 1 amide bonds. The Kier molecular flexibility index (Phi) is 5.87. The number of rotatable bonds is 7. The van der Waals surface area contributed by atoms with E-state index < -0.39 is 6.10 Å². The van der Waals surface area contributed by atoms with Crippen molar-refractivity contribution in [3.63, 3.8) is 0 Å². The quantitative estimate of drug-likeness (QED) is 0.790. The van der Waals surface area contributed by atoms with E-state index in [0.29, 0.717) is 25.0 Å². The minimum atomic E-state index is -0.444. The van der Waals surface area contributed by atoms with E-state index in [2.05, 4.69) is 22.0 Å². The molecule has 0 bridgehead atoms. The molecule has 2 atom stereocenters. The summed E-state index contributed by atoms with van der Waals surface area (Å²) in [7, 11) is 0. The number of benzene rings is 1. The summed E-state index contributed by atoms with van der Waals surface area (Å²) in [4.78, 5) is 16.6. The lowest BCUT2D eigenvalue weighted by Crippen LogP contribution is -2.51. The summed E-state index contributed by atoms with van der Waals surface area (Å²) in [5.74, 6) is 0.845. The number of carbonyl (C=O) groups is 1. The number of carbonyl (C=O) groups excluding carboxylic acids is 1. The molecule has 132 valence electrons. The summed E-state index contributed by atoms with van der Waals surface area (Å²) >= 11 is 0. The van der Waals surface area contributed by atoms with Crippen LogP contribution in [0.15, 0.2) is 30.3 Å². The van der Waals surface area contributed by atoms with Crippen molar-refractivity contribution in [2.45, 2.75) is 31.9 Å². The Morgan fingerprint density at radius 3 is 2.42 bits per heavy atom. The van der Waals surface area contributed by atoms with Gasteiger partial charge >= 0.3 is 0 Å². The first-order valence-electron chi connectivity index (χ1n) is 9.09. The molecule has 2 fully saturated rings. The van der Waals surface area contributed by atoms with Crippen LogP contribution in [0, 0.1) is 5.92 Å². The number of β-amino-alcohol motifs (C(OH)–C–C–N with tert-alkyl or cyclic N) is 1. The second kappa shape index (κ2) is 8.10. The highest BCUT2D eigenvalue weighted by Crippen LogP contribution is 2.32. The zero-order chi connectivity index (χ0) is 16.9. The Bertz CT molecular complexity index is 525. The lowest BCUT2D eigenvalue weighted by Gasteiger charge is -2.35. The zero-order valence-electron chi connectivity index (χ0n) is 14.5. The fraction of sp³-hybridized carbons (Fsp3) is 0.632. The maximum Gasteiger partial charge on any atom is 0.234 e. The van der Waals surface area contributed by atoms with Crippen molar-refractivity contribution >= 4 is 5.91 Å². The molecule has 2 unspecified atom stereocenters. The van der Waals surface area contributed by atoms with E-state index in [-0.39, 0.29) is 5.91 Å². The molecule has 5 nitrogen and oxygen atoms in total. The second-order valence-corrected chi connectivity index (χ2v) is 7.20. The van der Waals surface area contributed by atoms with Crippen molar-refractivity contribution in [3.05, 3.63) is 35.9 Å². The van der Waals surface area contributed by atoms with Gasteiger partial charge in [0, 0.05) is 38.8 Å². The minimum Gasteiger partial charge on any atom is -0.387 e. The van der Waals surface area contributed by atoms with E-state index in [1.807, 2.05) is 30.3 Å². The summed E-state index contributed by atoms with van der Waals surface area (Å²) in [6.45, 7) is 6.82. The zero-order valence-corrected chi connectivity index (χ0v) is 14.5. The molecule has 2 aliphatic rings. The van der Waals surface area contributed by atoms with Crippen molar-refractivity contribution in [1.82, 2.24) is 15.1 Å². The molecular weight excluding hydrogens is 302 g/mol. The molecule has 5 heteroatoms. The molecule has 0 radical (unpaired) electrons. The van der Waals surface area contributed by atoms with Crippen LogP contribution in [0.4, 0.5) is 0 Å². The van der Waals surface area contributed by atoms with Gasteiger partial charge in [0.15, 0.2) is 0 Å². The van der Waals surface area contributed by atoms with Crippen LogP contribution in [0.2, 0.25) is 0 Å². The highest BCUT2D eigenvalue weighted by Gasteiger charge is 2.29. The molecule has 1 aliphatic carbocycles. The summed E-state index contributed by atoms with van der Waals surface area (Å²) in [6.07, 6.45) is 2.06. The fourth-order valence-electron chi connectivity index (χ4n) is 3.37. The lowest BCUT2D eigenvalue weighted by molar-refractivity contribution is -0.123. The summed E-state index contributed by atoms with van der Waals surface area (Å²) in [5.41, 5.74) is 0.966. The van der Waals surface area contributed by atoms with Gasteiger partial charge in [0.25, 0.3) is 0 Å². The van der Waals surface area contributed by atoms with Crippen LogP contribution >= 0.6 is 0 Å². The van der Waals surface area contributed by atoms with Gasteiger partial charge in [0.1, 0.15) is 0 Å². The molecule has 24 heavy (non-hydrogen) atoms. The first-order valence-corrected chi connectivity index (χ1v) is 9.09. The topological polar surface area (TPSA) is 55.8 Å². The molecule has 3 rings (SSSR count). The predicted molar refractivity (Wildman–Crippen MR) is 94.6 cm³/mol. The molecular formula is C19H29N3O2. The van der Waals surface area contributed by atoms with E-state index >= 15 is 0 Å². The number of piperazine rings is 1. The maximum atomic E-state index is 12.1. The van der Waals surface area contributed by atoms with Crippen molar-refractivity contribution in [2.24, 2.45) is 5.92 Å². The molecule has 0 aromatic heterocycles.